The third-order valence-electron chi connectivity index (χ3n) is 4.12. The Morgan fingerprint density at radius 2 is 1.71 bits per heavy atom. The highest BCUT2D eigenvalue weighted by atomic mass is 16.5. The molecule has 132 valence electrons. The Labute approximate surface area is 143 Å². The average molecular weight is 333 g/mol. The summed E-state index contributed by atoms with van der Waals surface area (Å²) < 4.78 is 5.28. The number of hydrogen-bond acceptors (Lipinski definition) is 4. The van der Waals surface area contributed by atoms with Gasteiger partial charge in [0.15, 0.2) is 0 Å². The standard InChI is InChI=1S/C18H27N3O3/c1-13-10-14(2)18(15(3)11-13)20-17(23)12-16(22)19-4-5-21-6-8-24-9-7-21/h10-11H,4-9,12H2,1-3H3,(H,19,22)(H,20,23). The van der Waals surface area contributed by atoms with Crippen molar-refractivity contribution < 1.29 is 14.3 Å². The van der Waals surface area contributed by atoms with Gasteiger partial charge in [0.25, 0.3) is 0 Å². The highest BCUT2D eigenvalue weighted by Gasteiger charge is 2.14. The van der Waals surface area contributed by atoms with Gasteiger partial charge in [-0.15, -0.1) is 0 Å². The molecule has 0 bridgehead atoms. The molecule has 1 saturated heterocycles. The van der Waals surface area contributed by atoms with Gasteiger partial charge in [-0.05, 0) is 31.9 Å². The molecule has 1 aliphatic rings. The molecule has 1 heterocycles. The highest BCUT2D eigenvalue weighted by molar-refractivity contribution is 6.04. The Hall–Kier alpha value is -1.92. The van der Waals surface area contributed by atoms with Crippen molar-refractivity contribution in [3.05, 3.63) is 28.8 Å². The highest BCUT2D eigenvalue weighted by Crippen LogP contribution is 2.21. The van der Waals surface area contributed by atoms with E-state index in [4.69, 9.17) is 4.74 Å². The van der Waals surface area contributed by atoms with E-state index in [1.807, 2.05) is 32.9 Å². The number of carbonyl (C=O) groups excluding carboxylic acids is 2. The molecule has 2 rings (SSSR count). The van der Waals surface area contributed by atoms with Gasteiger partial charge in [-0.2, -0.15) is 0 Å². The molecule has 1 aromatic rings. The van der Waals surface area contributed by atoms with E-state index in [1.165, 1.54) is 0 Å². The van der Waals surface area contributed by atoms with Crippen molar-refractivity contribution in [3.63, 3.8) is 0 Å². The molecular formula is C18H27N3O3. The van der Waals surface area contributed by atoms with Gasteiger partial charge in [0, 0.05) is 31.9 Å². The normalized spacial score (nSPS) is 15.1. The van der Waals surface area contributed by atoms with E-state index in [1.54, 1.807) is 0 Å². The molecule has 2 N–H and O–H groups in total. The largest absolute Gasteiger partial charge is 0.379 e. The number of amides is 2. The van der Waals surface area contributed by atoms with Crippen molar-refractivity contribution in [1.29, 1.82) is 0 Å². The first-order valence-electron chi connectivity index (χ1n) is 8.40. The number of aryl methyl sites for hydroxylation is 3. The number of nitrogens with zero attached hydrogens (tertiary/aromatic N) is 1. The topological polar surface area (TPSA) is 70.7 Å². The fourth-order valence-corrected chi connectivity index (χ4v) is 2.95. The lowest BCUT2D eigenvalue weighted by Gasteiger charge is -2.26. The number of ether oxygens (including phenoxy) is 1. The summed E-state index contributed by atoms with van der Waals surface area (Å²) in [4.78, 5) is 26.2. The van der Waals surface area contributed by atoms with Crippen LogP contribution in [0.25, 0.3) is 0 Å². The van der Waals surface area contributed by atoms with Crippen molar-refractivity contribution in [1.82, 2.24) is 10.2 Å². The predicted octanol–water partition coefficient (Wildman–Crippen LogP) is 1.39. The monoisotopic (exact) mass is 333 g/mol. The summed E-state index contributed by atoms with van der Waals surface area (Å²) in [6.45, 7) is 10.5. The zero-order chi connectivity index (χ0) is 17.5. The van der Waals surface area contributed by atoms with Crippen molar-refractivity contribution in [2.75, 3.05) is 44.7 Å². The van der Waals surface area contributed by atoms with Crippen molar-refractivity contribution in [2.24, 2.45) is 0 Å². The summed E-state index contributed by atoms with van der Waals surface area (Å²) in [7, 11) is 0. The molecule has 0 unspecified atom stereocenters. The molecule has 6 nitrogen and oxygen atoms in total. The molecule has 2 amide bonds. The quantitative estimate of drug-likeness (QED) is 0.772. The molecule has 1 aromatic carbocycles. The zero-order valence-electron chi connectivity index (χ0n) is 14.8. The number of carbonyl (C=O) groups is 2. The van der Waals surface area contributed by atoms with Gasteiger partial charge >= 0.3 is 0 Å². The molecule has 1 fully saturated rings. The van der Waals surface area contributed by atoms with E-state index in [2.05, 4.69) is 15.5 Å². The molecular weight excluding hydrogens is 306 g/mol. The van der Waals surface area contributed by atoms with Gasteiger partial charge in [0.05, 0.1) is 13.2 Å². The van der Waals surface area contributed by atoms with E-state index in [-0.39, 0.29) is 18.2 Å². The van der Waals surface area contributed by atoms with Gasteiger partial charge < -0.3 is 15.4 Å². The van der Waals surface area contributed by atoms with Crippen LogP contribution in [0.15, 0.2) is 12.1 Å². The van der Waals surface area contributed by atoms with E-state index < -0.39 is 0 Å². The van der Waals surface area contributed by atoms with Crippen LogP contribution in [0.4, 0.5) is 5.69 Å². The molecule has 0 radical (unpaired) electrons. The van der Waals surface area contributed by atoms with Crippen LogP contribution < -0.4 is 10.6 Å². The van der Waals surface area contributed by atoms with Crippen LogP contribution in [0.1, 0.15) is 23.1 Å². The summed E-state index contributed by atoms with van der Waals surface area (Å²) in [6, 6.07) is 4.04. The van der Waals surface area contributed by atoms with E-state index >= 15 is 0 Å². The second kappa shape index (κ2) is 8.80. The third kappa shape index (κ3) is 5.62. The van der Waals surface area contributed by atoms with Crippen molar-refractivity contribution in [3.8, 4) is 0 Å². The average Bonchev–Trinajstić information content (AvgIpc) is 2.52. The zero-order valence-corrected chi connectivity index (χ0v) is 14.8. The first-order chi connectivity index (χ1) is 11.5. The van der Waals surface area contributed by atoms with Crippen LogP contribution in [-0.2, 0) is 14.3 Å². The summed E-state index contributed by atoms with van der Waals surface area (Å²) in [5, 5.41) is 5.65. The molecule has 0 spiro atoms. The Balaban J connectivity index is 1.74. The second-order valence-electron chi connectivity index (χ2n) is 6.30. The fourth-order valence-electron chi connectivity index (χ4n) is 2.95. The number of hydrogen-bond donors (Lipinski definition) is 2. The number of morpholine rings is 1. The molecule has 0 aliphatic carbocycles. The van der Waals surface area contributed by atoms with E-state index in [9.17, 15) is 9.59 Å². The first-order valence-corrected chi connectivity index (χ1v) is 8.40. The Bertz CT molecular complexity index is 572. The number of benzene rings is 1. The lowest BCUT2D eigenvalue weighted by Crippen LogP contribution is -2.41. The summed E-state index contributed by atoms with van der Waals surface area (Å²) in [6.07, 6.45) is -0.157. The third-order valence-corrected chi connectivity index (χ3v) is 4.12. The summed E-state index contributed by atoms with van der Waals surface area (Å²) >= 11 is 0. The van der Waals surface area contributed by atoms with Gasteiger partial charge in [-0.1, -0.05) is 17.7 Å². The van der Waals surface area contributed by atoms with Crippen LogP contribution in [0.5, 0.6) is 0 Å². The molecule has 0 atom stereocenters. The Morgan fingerprint density at radius 1 is 1.08 bits per heavy atom. The molecule has 6 heteroatoms. The van der Waals surface area contributed by atoms with E-state index in [0.717, 1.165) is 55.2 Å². The number of rotatable bonds is 6. The predicted molar refractivity (Wildman–Crippen MR) is 94.2 cm³/mol. The fraction of sp³-hybridized carbons (Fsp3) is 0.556. The van der Waals surface area contributed by atoms with Crippen LogP contribution in [0.2, 0.25) is 0 Å². The Kier molecular flexibility index (Phi) is 6.75. The van der Waals surface area contributed by atoms with Gasteiger partial charge in [0.1, 0.15) is 6.42 Å². The Morgan fingerprint density at radius 3 is 2.33 bits per heavy atom. The van der Waals surface area contributed by atoms with Crippen LogP contribution in [-0.4, -0.2) is 56.1 Å². The first kappa shape index (κ1) is 18.4. The maximum absolute atomic E-state index is 12.1. The van der Waals surface area contributed by atoms with Crippen molar-refractivity contribution in [2.45, 2.75) is 27.2 Å². The number of anilines is 1. The van der Waals surface area contributed by atoms with Crippen LogP contribution >= 0.6 is 0 Å². The minimum atomic E-state index is -0.283. The van der Waals surface area contributed by atoms with Gasteiger partial charge in [-0.3, -0.25) is 14.5 Å². The molecule has 0 saturated carbocycles. The van der Waals surface area contributed by atoms with Crippen molar-refractivity contribution >= 4 is 17.5 Å². The molecule has 0 aromatic heterocycles. The molecule has 1 aliphatic heterocycles. The lowest BCUT2D eigenvalue weighted by molar-refractivity contribution is -0.126. The van der Waals surface area contributed by atoms with Gasteiger partial charge in [-0.25, -0.2) is 0 Å². The van der Waals surface area contributed by atoms with Crippen LogP contribution in [0, 0.1) is 20.8 Å². The lowest BCUT2D eigenvalue weighted by atomic mass is 10.1. The number of nitrogens with one attached hydrogen (secondary N) is 2. The minimum Gasteiger partial charge on any atom is -0.379 e. The smallest absolute Gasteiger partial charge is 0.233 e. The van der Waals surface area contributed by atoms with Crippen LogP contribution in [0.3, 0.4) is 0 Å². The maximum atomic E-state index is 12.1. The van der Waals surface area contributed by atoms with Gasteiger partial charge in [0.2, 0.25) is 11.8 Å². The van der Waals surface area contributed by atoms with E-state index in [0.29, 0.717) is 6.54 Å². The molecule has 24 heavy (non-hydrogen) atoms. The maximum Gasteiger partial charge on any atom is 0.233 e. The SMILES string of the molecule is Cc1cc(C)c(NC(=O)CC(=O)NCCN2CCOCC2)c(C)c1. The second-order valence-corrected chi connectivity index (χ2v) is 6.30. The minimum absolute atomic E-state index is 0.157. The summed E-state index contributed by atoms with van der Waals surface area (Å²) in [5.41, 5.74) is 3.97. The summed E-state index contributed by atoms with van der Waals surface area (Å²) in [5.74, 6) is -0.530.